The molecule has 1 atom stereocenters. The highest BCUT2D eigenvalue weighted by molar-refractivity contribution is 5.74. The summed E-state index contributed by atoms with van der Waals surface area (Å²) in [6.07, 6.45) is -2.00. The second-order valence-corrected chi connectivity index (χ2v) is 3.20. The van der Waals surface area contributed by atoms with Crippen LogP contribution in [0.25, 0.3) is 0 Å². The molecule has 0 aliphatic rings. The number of aliphatic hydroxyl groups is 1. The minimum absolute atomic E-state index is 0.315. The Morgan fingerprint density at radius 3 is 2.05 bits per heavy atom. The lowest BCUT2D eigenvalue weighted by molar-refractivity contribution is -0.147. The van der Waals surface area contributed by atoms with Crippen LogP contribution in [0.15, 0.2) is 18.2 Å². The van der Waals surface area contributed by atoms with Crippen molar-refractivity contribution in [1.29, 1.82) is 0 Å². The monoisotopic (exact) mass is 284 g/mol. The predicted octanol–water partition coefficient (Wildman–Crippen LogP) is 2.01. The molecule has 1 unspecified atom stereocenters. The standard InChI is InChI=1S/C10H8F4O5/c11-9(12)18-5-2-1-4(7(15)8(16)17)3-6(5)19-10(13)14/h1-3,7,9-10,15H,(H,16,17). The zero-order chi connectivity index (χ0) is 14.6. The third kappa shape index (κ3) is 4.28. The van der Waals surface area contributed by atoms with Crippen molar-refractivity contribution in [2.75, 3.05) is 0 Å². The van der Waals surface area contributed by atoms with Gasteiger partial charge in [0.15, 0.2) is 17.6 Å². The van der Waals surface area contributed by atoms with Crippen LogP contribution in [0.4, 0.5) is 17.6 Å². The van der Waals surface area contributed by atoms with Crippen LogP contribution in [0.2, 0.25) is 0 Å². The van der Waals surface area contributed by atoms with Gasteiger partial charge in [-0.3, -0.25) is 0 Å². The molecule has 0 heterocycles. The maximum atomic E-state index is 12.1. The SMILES string of the molecule is O=C(O)C(O)c1ccc(OC(F)F)c(OC(F)F)c1. The van der Waals surface area contributed by atoms with Gasteiger partial charge in [0.1, 0.15) is 0 Å². The van der Waals surface area contributed by atoms with Gasteiger partial charge in [-0.15, -0.1) is 0 Å². The van der Waals surface area contributed by atoms with E-state index in [2.05, 4.69) is 9.47 Å². The number of carboxylic acid groups (broad SMARTS) is 1. The molecule has 0 aliphatic carbocycles. The molecule has 0 saturated carbocycles. The Morgan fingerprint density at radius 2 is 1.58 bits per heavy atom. The molecule has 1 aromatic carbocycles. The number of aliphatic hydroxyl groups excluding tert-OH is 1. The van der Waals surface area contributed by atoms with Gasteiger partial charge >= 0.3 is 19.2 Å². The molecular formula is C10H8F4O5. The van der Waals surface area contributed by atoms with Gasteiger partial charge < -0.3 is 19.7 Å². The number of alkyl halides is 4. The summed E-state index contributed by atoms with van der Waals surface area (Å²) in [5.41, 5.74) is -0.315. The molecule has 0 spiro atoms. The predicted molar refractivity (Wildman–Crippen MR) is 52.3 cm³/mol. The van der Waals surface area contributed by atoms with Gasteiger partial charge in [0, 0.05) is 0 Å². The quantitative estimate of drug-likeness (QED) is 0.781. The fourth-order valence-corrected chi connectivity index (χ4v) is 1.22. The first-order valence-electron chi connectivity index (χ1n) is 4.75. The van der Waals surface area contributed by atoms with Crippen LogP contribution in [0, 0.1) is 0 Å². The first-order valence-corrected chi connectivity index (χ1v) is 4.75. The van der Waals surface area contributed by atoms with E-state index in [0.717, 1.165) is 12.1 Å². The lowest BCUT2D eigenvalue weighted by Crippen LogP contribution is -2.12. The first kappa shape index (κ1) is 15.0. The molecule has 106 valence electrons. The van der Waals surface area contributed by atoms with Crippen LogP contribution in [-0.2, 0) is 4.79 Å². The van der Waals surface area contributed by atoms with E-state index in [0.29, 0.717) is 6.07 Å². The fraction of sp³-hybridized carbons (Fsp3) is 0.300. The van der Waals surface area contributed by atoms with Gasteiger partial charge in [-0.25, -0.2) is 4.79 Å². The summed E-state index contributed by atoms with van der Waals surface area (Å²) in [6.45, 7) is -6.59. The molecule has 2 N–H and O–H groups in total. The van der Waals surface area contributed by atoms with Gasteiger partial charge in [-0.2, -0.15) is 17.6 Å². The minimum atomic E-state index is -3.32. The van der Waals surface area contributed by atoms with Gasteiger partial charge in [0.05, 0.1) is 0 Å². The molecule has 0 saturated heterocycles. The van der Waals surface area contributed by atoms with Crippen molar-refractivity contribution in [3.05, 3.63) is 23.8 Å². The number of aliphatic carboxylic acids is 1. The van der Waals surface area contributed by atoms with Gasteiger partial charge in [-0.05, 0) is 17.7 Å². The van der Waals surface area contributed by atoms with E-state index in [1.165, 1.54) is 0 Å². The number of carbonyl (C=O) groups is 1. The van der Waals surface area contributed by atoms with Gasteiger partial charge in [0.2, 0.25) is 0 Å². The summed E-state index contributed by atoms with van der Waals surface area (Å²) >= 11 is 0. The number of ether oxygens (including phenoxy) is 2. The average molecular weight is 284 g/mol. The molecule has 5 nitrogen and oxygen atoms in total. The van der Waals surface area contributed by atoms with Crippen LogP contribution < -0.4 is 9.47 Å². The normalized spacial score (nSPS) is 12.6. The maximum absolute atomic E-state index is 12.1. The van der Waals surface area contributed by atoms with Crippen molar-refractivity contribution in [3.63, 3.8) is 0 Å². The van der Waals surface area contributed by atoms with Crippen molar-refractivity contribution in [3.8, 4) is 11.5 Å². The highest BCUT2D eigenvalue weighted by Gasteiger charge is 2.21. The van der Waals surface area contributed by atoms with Gasteiger partial charge in [-0.1, -0.05) is 6.07 Å². The molecule has 1 aromatic rings. The van der Waals surface area contributed by atoms with Crippen LogP contribution in [-0.4, -0.2) is 29.4 Å². The summed E-state index contributed by atoms with van der Waals surface area (Å²) in [6, 6.07) is 2.42. The second-order valence-electron chi connectivity index (χ2n) is 3.20. The Morgan fingerprint density at radius 1 is 1.05 bits per heavy atom. The molecule has 0 bridgehead atoms. The number of carboxylic acids is 1. The molecule has 0 aliphatic heterocycles. The number of halogens is 4. The molecule has 0 radical (unpaired) electrons. The lowest BCUT2D eigenvalue weighted by atomic mass is 10.1. The van der Waals surface area contributed by atoms with Crippen molar-refractivity contribution in [2.45, 2.75) is 19.3 Å². The number of hydrogen-bond donors (Lipinski definition) is 2. The molecule has 0 aromatic heterocycles. The van der Waals surface area contributed by atoms with Crippen molar-refractivity contribution < 1.29 is 42.0 Å². The summed E-state index contributed by atoms with van der Waals surface area (Å²) in [7, 11) is 0. The Balaban J connectivity index is 3.10. The molecule has 19 heavy (non-hydrogen) atoms. The first-order chi connectivity index (χ1) is 8.81. The van der Waals surface area contributed by atoms with Crippen LogP contribution >= 0.6 is 0 Å². The summed E-state index contributed by atoms with van der Waals surface area (Å²) in [5.74, 6) is -3.13. The Bertz CT molecular complexity index is 452. The second kappa shape index (κ2) is 6.23. The van der Waals surface area contributed by atoms with Crippen LogP contribution in [0.3, 0.4) is 0 Å². The van der Waals surface area contributed by atoms with E-state index in [9.17, 15) is 27.5 Å². The van der Waals surface area contributed by atoms with Crippen molar-refractivity contribution >= 4 is 5.97 Å². The largest absolute Gasteiger partial charge is 0.479 e. The summed E-state index contributed by atoms with van der Waals surface area (Å²) in [5, 5.41) is 17.7. The van der Waals surface area contributed by atoms with Crippen molar-refractivity contribution in [2.24, 2.45) is 0 Å². The Kier molecular flexibility index (Phi) is 4.93. The lowest BCUT2D eigenvalue weighted by Gasteiger charge is -2.14. The maximum Gasteiger partial charge on any atom is 0.387 e. The van der Waals surface area contributed by atoms with E-state index in [1.54, 1.807) is 0 Å². The van der Waals surface area contributed by atoms with E-state index in [4.69, 9.17) is 5.11 Å². The van der Waals surface area contributed by atoms with E-state index in [1.807, 2.05) is 0 Å². The van der Waals surface area contributed by atoms with Gasteiger partial charge in [0.25, 0.3) is 0 Å². The molecule has 9 heteroatoms. The van der Waals surface area contributed by atoms with Crippen molar-refractivity contribution in [1.82, 2.24) is 0 Å². The van der Waals surface area contributed by atoms with E-state index >= 15 is 0 Å². The highest BCUT2D eigenvalue weighted by atomic mass is 19.3. The smallest absolute Gasteiger partial charge is 0.387 e. The number of benzene rings is 1. The minimum Gasteiger partial charge on any atom is -0.479 e. The zero-order valence-electron chi connectivity index (χ0n) is 9.10. The Labute approximate surface area is 104 Å². The van der Waals surface area contributed by atoms with Crippen LogP contribution in [0.5, 0.6) is 11.5 Å². The zero-order valence-corrected chi connectivity index (χ0v) is 9.10. The number of rotatable bonds is 6. The fourth-order valence-electron chi connectivity index (χ4n) is 1.22. The Hall–Kier alpha value is -2.03. The topological polar surface area (TPSA) is 76.0 Å². The summed E-state index contributed by atoms with van der Waals surface area (Å²) in [4.78, 5) is 10.5. The van der Waals surface area contributed by atoms with Crippen LogP contribution in [0.1, 0.15) is 11.7 Å². The summed E-state index contributed by atoms with van der Waals surface area (Å²) < 4.78 is 56.0. The molecule has 1 rings (SSSR count). The third-order valence-corrected chi connectivity index (χ3v) is 1.95. The molecule has 0 fully saturated rings. The molecular weight excluding hydrogens is 276 g/mol. The highest BCUT2D eigenvalue weighted by Crippen LogP contribution is 2.33. The third-order valence-electron chi connectivity index (χ3n) is 1.95. The number of hydrogen-bond acceptors (Lipinski definition) is 4. The van der Waals surface area contributed by atoms with E-state index < -0.39 is 36.8 Å². The average Bonchev–Trinajstić information content (AvgIpc) is 2.29. The van der Waals surface area contributed by atoms with E-state index in [-0.39, 0.29) is 5.56 Å². The molecule has 0 amide bonds.